The summed E-state index contributed by atoms with van der Waals surface area (Å²) < 4.78 is 28.3. The van der Waals surface area contributed by atoms with Gasteiger partial charge in [-0.25, -0.2) is 9.37 Å². The summed E-state index contributed by atoms with van der Waals surface area (Å²) in [6.07, 6.45) is 1.90. The predicted octanol–water partition coefficient (Wildman–Crippen LogP) is 4.65. The highest BCUT2D eigenvalue weighted by molar-refractivity contribution is 7.17. The van der Waals surface area contributed by atoms with E-state index in [1.54, 1.807) is 6.07 Å². The molecule has 0 aliphatic heterocycles. The van der Waals surface area contributed by atoms with Gasteiger partial charge in [0, 0.05) is 23.8 Å². The number of fused-ring (bicyclic) bond motifs is 3. The molecular formula is C19H12F2N4O5S. The molecule has 0 fully saturated rings. The fraction of sp³-hybridized carbons (Fsp3) is 0.158. The van der Waals surface area contributed by atoms with Crippen molar-refractivity contribution in [3.8, 4) is 10.4 Å². The topological polar surface area (TPSA) is 128 Å². The van der Waals surface area contributed by atoms with Crippen LogP contribution in [0.15, 0.2) is 30.3 Å². The summed E-state index contributed by atoms with van der Waals surface area (Å²) in [6.45, 7) is 0. The Morgan fingerprint density at radius 1 is 1.10 bits per heavy atom. The summed E-state index contributed by atoms with van der Waals surface area (Å²) in [6, 6.07) is 5.83. The van der Waals surface area contributed by atoms with E-state index in [1.807, 2.05) is 5.32 Å². The van der Waals surface area contributed by atoms with Crippen LogP contribution in [0.4, 0.5) is 25.8 Å². The lowest BCUT2D eigenvalue weighted by Gasteiger charge is -2.06. The van der Waals surface area contributed by atoms with Gasteiger partial charge in [0.2, 0.25) is 5.82 Å². The van der Waals surface area contributed by atoms with E-state index < -0.39 is 38.8 Å². The number of amides is 1. The number of carbonyl (C=O) groups excluding carboxylic acids is 1. The van der Waals surface area contributed by atoms with Crippen molar-refractivity contribution in [2.45, 2.75) is 19.3 Å². The molecule has 12 heteroatoms. The van der Waals surface area contributed by atoms with Crippen LogP contribution < -0.4 is 5.32 Å². The molecule has 0 unspecified atom stereocenters. The minimum Gasteiger partial charge on any atom is -0.315 e. The van der Waals surface area contributed by atoms with Gasteiger partial charge in [-0.1, -0.05) is 6.07 Å². The summed E-state index contributed by atoms with van der Waals surface area (Å²) >= 11 is 0.937. The first-order chi connectivity index (χ1) is 14.8. The summed E-state index contributed by atoms with van der Waals surface area (Å²) in [4.78, 5) is 37.9. The molecule has 1 aliphatic rings. The van der Waals surface area contributed by atoms with Crippen molar-refractivity contribution >= 4 is 34.3 Å². The highest BCUT2D eigenvalue weighted by Gasteiger charge is 2.27. The third-order valence-electron chi connectivity index (χ3n) is 4.81. The lowest BCUT2D eigenvalue weighted by Crippen LogP contribution is -2.15. The second-order valence-corrected chi connectivity index (χ2v) is 7.71. The molecular weight excluding hydrogens is 434 g/mol. The fourth-order valence-electron chi connectivity index (χ4n) is 3.35. The van der Waals surface area contributed by atoms with Gasteiger partial charge in [-0.3, -0.25) is 25.0 Å². The normalized spacial score (nSPS) is 12.5. The van der Waals surface area contributed by atoms with Crippen molar-refractivity contribution in [2.24, 2.45) is 0 Å². The van der Waals surface area contributed by atoms with Crippen molar-refractivity contribution in [3.05, 3.63) is 78.5 Å². The van der Waals surface area contributed by atoms with E-state index in [9.17, 15) is 33.8 Å². The minimum absolute atomic E-state index is 0.105. The number of anilines is 1. The number of aromatic nitrogens is 1. The van der Waals surface area contributed by atoms with Crippen LogP contribution >= 0.6 is 11.3 Å². The summed E-state index contributed by atoms with van der Waals surface area (Å²) in [5, 5.41) is 23.9. The Hall–Kier alpha value is -3.80. The van der Waals surface area contributed by atoms with Gasteiger partial charge >= 0.3 is 5.69 Å². The summed E-state index contributed by atoms with van der Waals surface area (Å²) in [5.41, 5.74) is -0.0173. The van der Waals surface area contributed by atoms with Crippen LogP contribution in [0.25, 0.3) is 10.4 Å². The third kappa shape index (κ3) is 3.72. The van der Waals surface area contributed by atoms with Gasteiger partial charge < -0.3 is 5.32 Å². The SMILES string of the molecule is O=C(Nc1c(F)ccc([N+](=O)[O-])c1F)c1nc2c(s1)-c1cc([N+](=O)[O-])ccc1CCC2. The van der Waals surface area contributed by atoms with Crippen molar-refractivity contribution in [1.29, 1.82) is 0 Å². The van der Waals surface area contributed by atoms with Gasteiger partial charge in [0.05, 0.1) is 20.4 Å². The number of rotatable bonds is 4. The smallest absolute Gasteiger partial charge is 0.307 e. The predicted molar refractivity (Wildman–Crippen MR) is 107 cm³/mol. The van der Waals surface area contributed by atoms with Crippen LogP contribution in [-0.4, -0.2) is 20.7 Å². The molecule has 0 atom stereocenters. The largest absolute Gasteiger partial charge is 0.315 e. The number of carbonyl (C=O) groups is 1. The molecule has 1 amide bonds. The van der Waals surface area contributed by atoms with Crippen LogP contribution in [0.2, 0.25) is 0 Å². The standard InChI is InChI=1S/C19H12F2N4O5S/c20-12-6-7-14(25(29)30)15(21)16(12)23-18(26)19-22-13-3-1-2-9-4-5-10(24(27)28)8-11(9)17(13)31-19/h4-8H,1-3H2,(H,23,26). The molecule has 1 N–H and O–H groups in total. The highest BCUT2D eigenvalue weighted by atomic mass is 32.1. The molecule has 158 valence electrons. The first-order valence-electron chi connectivity index (χ1n) is 8.97. The van der Waals surface area contributed by atoms with Gasteiger partial charge in [-0.2, -0.15) is 4.39 Å². The maximum absolute atomic E-state index is 14.3. The van der Waals surface area contributed by atoms with Gasteiger partial charge in [0.1, 0.15) is 11.5 Å². The fourth-order valence-corrected chi connectivity index (χ4v) is 4.40. The molecule has 3 aromatic rings. The zero-order valence-electron chi connectivity index (χ0n) is 15.6. The molecule has 0 saturated carbocycles. The number of nitrogens with one attached hydrogen (secondary N) is 1. The molecule has 4 rings (SSSR count). The number of benzene rings is 2. The number of nitrogens with zero attached hydrogens (tertiary/aromatic N) is 3. The zero-order valence-corrected chi connectivity index (χ0v) is 16.4. The Balaban J connectivity index is 1.72. The number of thiazole rings is 1. The van der Waals surface area contributed by atoms with Crippen LogP contribution in [0.1, 0.15) is 27.5 Å². The molecule has 1 aromatic heterocycles. The second-order valence-electron chi connectivity index (χ2n) is 6.71. The molecule has 1 heterocycles. The number of nitro groups is 2. The number of hydrogen-bond acceptors (Lipinski definition) is 7. The van der Waals surface area contributed by atoms with E-state index in [1.165, 1.54) is 12.1 Å². The maximum atomic E-state index is 14.3. The molecule has 0 saturated heterocycles. The first-order valence-corrected chi connectivity index (χ1v) is 9.79. The van der Waals surface area contributed by atoms with E-state index in [0.29, 0.717) is 47.5 Å². The molecule has 0 spiro atoms. The minimum atomic E-state index is -1.50. The van der Waals surface area contributed by atoms with Crippen LogP contribution in [0.3, 0.4) is 0 Å². The van der Waals surface area contributed by atoms with Crippen LogP contribution in [0.5, 0.6) is 0 Å². The van der Waals surface area contributed by atoms with Gasteiger partial charge in [0.25, 0.3) is 11.6 Å². The first kappa shape index (κ1) is 20.5. The number of halogens is 2. The van der Waals surface area contributed by atoms with Crippen molar-refractivity contribution < 1.29 is 23.4 Å². The summed E-state index contributed by atoms with van der Waals surface area (Å²) in [5.74, 6) is -3.61. The van der Waals surface area contributed by atoms with E-state index in [0.717, 1.165) is 16.9 Å². The van der Waals surface area contributed by atoms with E-state index >= 15 is 0 Å². The average molecular weight is 446 g/mol. The van der Waals surface area contributed by atoms with Crippen LogP contribution in [0, 0.1) is 31.9 Å². The van der Waals surface area contributed by atoms with Crippen molar-refractivity contribution in [1.82, 2.24) is 4.98 Å². The van der Waals surface area contributed by atoms with E-state index in [2.05, 4.69) is 4.98 Å². The Morgan fingerprint density at radius 2 is 1.87 bits per heavy atom. The van der Waals surface area contributed by atoms with E-state index in [-0.39, 0.29) is 10.7 Å². The summed E-state index contributed by atoms with van der Waals surface area (Å²) in [7, 11) is 0. The van der Waals surface area contributed by atoms with Gasteiger partial charge in [-0.05, 0) is 30.9 Å². The average Bonchev–Trinajstić information content (AvgIpc) is 3.07. The zero-order chi connectivity index (χ0) is 22.3. The molecule has 2 aromatic carbocycles. The Kier molecular flexibility index (Phi) is 5.15. The molecule has 1 aliphatic carbocycles. The number of non-ortho nitro benzene ring substituents is 1. The molecule has 9 nitrogen and oxygen atoms in total. The monoisotopic (exact) mass is 446 g/mol. The van der Waals surface area contributed by atoms with Crippen molar-refractivity contribution in [2.75, 3.05) is 5.32 Å². The van der Waals surface area contributed by atoms with Gasteiger partial charge in [0.15, 0.2) is 5.01 Å². The van der Waals surface area contributed by atoms with Gasteiger partial charge in [-0.15, -0.1) is 11.3 Å². The molecule has 0 bridgehead atoms. The Morgan fingerprint density at radius 3 is 2.58 bits per heavy atom. The lowest BCUT2D eigenvalue weighted by atomic mass is 10.0. The maximum Gasteiger partial charge on any atom is 0.307 e. The van der Waals surface area contributed by atoms with E-state index in [4.69, 9.17) is 0 Å². The highest BCUT2D eigenvalue weighted by Crippen LogP contribution is 2.39. The lowest BCUT2D eigenvalue weighted by molar-refractivity contribution is -0.387. The number of nitro benzene ring substituents is 2. The molecule has 31 heavy (non-hydrogen) atoms. The second kappa shape index (κ2) is 7.80. The third-order valence-corrected chi connectivity index (χ3v) is 5.94. The number of hydrogen-bond donors (Lipinski definition) is 1. The quantitative estimate of drug-likeness (QED) is 0.459. The van der Waals surface area contributed by atoms with Crippen molar-refractivity contribution in [3.63, 3.8) is 0 Å². The number of aryl methyl sites for hydroxylation is 2. The van der Waals surface area contributed by atoms with Crippen LogP contribution in [-0.2, 0) is 12.8 Å². The Bertz CT molecular complexity index is 1260. The molecule has 0 radical (unpaired) electrons. The Labute approximate surface area is 176 Å².